The Bertz CT molecular complexity index is 1230. The van der Waals surface area contributed by atoms with Gasteiger partial charge in [-0.2, -0.15) is 0 Å². The fourth-order valence-electron chi connectivity index (χ4n) is 3.60. The summed E-state index contributed by atoms with van der Waals surface area (Å²) in [4.78, 5) is 12.9. The van der Waals surface area contributed by atoms with Crippen molar-refractivity contribution in [3.63, 3.8) is 0 Å². The van der Waals surface area contributed by atoms with E-state index in [-0.39, 0.29) is 4.90 Å². The third kappa shape index (κ3) is 7.38. The molecule has 0 saturated carbocycles. The van der Waals surface area contributed by atoms with Crippen molar-refractivity contribution in [2.45, 2.75) is 31.6 Å². The minimum Gasteiger partial charge on any atom is -0.494 e. The van der Waals surface area contributed by atoms with Gasteiger partial charge in [0.15, 0.2) is 0 Å². The molecule has 0 bridgehead atoms. The van der Waals surface area contributed by atoms with Gasteiger partial charge < -0.3 is 14.8 Å². The Morgan fingerprint density at radius 1 is 0.917 bits per heavy atom. The number of anilines is 1. The quantitative estimate of drug-likeness (QED) is 0.311. The fraction of sp³-hybridized carbons (Fsp3) is 0.296. The molecule has 3 rings (SSSR count). The molecule has 0 radical (unpaired) electrons. The van der Waals surface area contributed by atoms with Gasteiger partial charge in [-0.1, -0.05) is 35.9 Å². The predicted molar refractivity (Wildman–Crippen MR) is 143 cm³/mol. The highest BCUT2D eigenvalue weighted by atomic mass is 35.5. The van der Waals surface area contributed by atoms with E-state index >= 15 is 0 Å². The van der Waals surface area contributed by atoms with E-state index in [1.807, 2.05) is 38.1 Å². The Hall–Kier alpha value is -3.23. The Labute approximate surface area is 218 Å². The van der Waals surface area contributed by atoms with Crippen molar-refractivity contribution in [3.8, 4) is 11.5 Å². The number of nitrogens with one attached hydrogen (secondary N) is 1. The van der Waals surface area contributed by atoms with Crippen LogP contribution in [-0.4, -0.2) is 40.6 Å². The van der Waals surface area contributed by atoms with Crippen molar-refractivity contribution in [1.29, 1.82) is 0 Å². The monoisotopic (exact) mass is 530 g/mol. The van der Waals surface area contributed by atoms with Crippen LogP contribution in [0.3, 0.4) is 0 Å². The summed E-state index contributed by atoms with van der Waals surface area (Å²) >= 11 is 5.95. The van der Waals surface area contributed by atoms with E-state index in [1.54, 1.807) is 24.3 Å². The average molecular weight is 531 g/mol. The maximum absolute atomic E-state index is 13.6. The van der Waals surface area contributed by atoms with Crippen LogP contribution in [-0.2, 0) is 21.2 Å². The van der Waals surface area contributed by atoms with Crippen LogP contribution in [0.2, 0.25) is 5.02 Å². The van der Waals surface area contributed by atoms with E-state index < -0.39 is 22.5 Å². The molecule has 0 aliphatic rings. The molecule has 0 atom stereocenters. The van der Waals surface area contributed by atoms with Crippen LogP contribution < -0.4 is 19.1 Å². The second-order valence-corrected chi connectivity index (χ2v) is 10.2. The number of amides is 1. The molecule has 1 amide bonds. The smallest absolute Gasteiger partial charge is 0.264 e. The molecule has 0 aromatic heterocycles. The minimum absolute atomic E-state index is 0.0292. The molecule has 0 unspecified atom stereocenters. The summed E-state index contributed by atoms with van der Waals surface area (Å²) in [7, 11) is -4.07. The second kappa shape index (κ2) is 13.2. The van der Waals surface area contributed by atoms with Crippen LogP contribution in [0.5, 0.6) is 11.5 Å². The fourth-order valence-corrected chi connectivity index (χ4v) is 5.16. The first kappa shape index (κ1) is 27.4. The molecular weight excluding hydrogens is 500 g/mol. The molecule has 0 fully saturated rings. The van der Waals surface area contributed by atoms with Gasteiger partial charge in [-0.15, -0.1) is 0 Å². The van der Waals surface area contributed by atoms with Crippen LogP contribution in [0, 0.1) is 0 Å². The van der Waals surface area contributed by atoms with E-state index in [0.29, 0.717) is 42.6 Å². The number of rotatable bonds is 13. The standard InChI is InChI=1S/C27H31ClN2O5S/c1-3-34-23-15-11-21(12-16-23)8-7-19-29-27(31)20-30(25-9-5-6-10-26(25)35-4-2)36(32,33)24-17-13-22(28)14-18-24/h5-6,9-18H,3-4,7-8,19-20H2,1-2H3,(H,29,31). The summed E-state index contributed by atoms with van der Waals surface area (Å²) in [6.07, 6.45) is 1.48. The SMILES string of the molecule is CCOc1ccc(CCCNC(=O)CN(c2ccccc2OCC)S(=O)(=O)c2ccc(Cl)cc2)cc1. The lowest BCUT2D eigenvalue weighted by Gasteiger charge is -2.26. The Morgan fingerprint density at radius 3 is 2.25 bits per heavy atom. The summed E-state index contributed by atoms with van der Waals surface area (Å²) < 4.78 is 39.3. The average Bonchev–Trinajstić information content (AvgIpc) is 2.87. The first-order valence-electron chi connectivity index (χ1n) is 11.8. The first-order chi connectivity index (χ1) is 17.3. The third-order valence-corrected chi connectivity index (χ3v) is 7.35. The number of para-hydroxylation sites is 2. The normalized spacial score (nSPS) is 11.1. The molecule has 7 nitrogen and oxygen atoms in total. The molecular formula is C27H31ClN2O5S. The van der Waals surface area contributed by atoms with E-state index in [0.717, 1.165) is 22.0 Å². The summed E-state index contributed by atoms with van der Waals surface area (Å²) in [5.74, 6) is 0.787. The van der Waals surface area contributed by atoms with Gasteiger partial charge in [0.1, 0.15) is 18.0 Å². The number of benzene rings is 3. The van der Waals surface area contributed by atoms with Gasteiger partial charge in [-0.3, -0.25) is 9.10 Å². The zero-order chi connectivity index (χ0) is 26.0. The molecule has 3 aromatic carbocycles. The van der Waals surface area contributed by atoms with Crippen molar-refractivity contribution < 1.29 is 22.7 Å². The summed E-state index contributed by atoms with van der Waals surface area (Å²) in [6, 6.07) is 20.4. The molecule has 0 heterocycles. The summed E-state index contributed by atoms with van der Waals surface area (Å²) in [6.45, 7) is 4.74. The zero-order valence-electron chi connectivity index (χ0n) is 20.4. The van der Waals surface area contributed by atoms with Crippen molar-refractivity contribution in [3.05, 3.63) is 83.4 Å². The molecule has 0 saturated heterocycles. The molecule has 0 spiro atoms. The molecule has 36 heavy (non-hydrogen) atoms. The van der Waals surface area contributed by atoms with Crippen molar-refractivity contribution in [2.24, 2.45) is 0 Å². The number of halogens is 1. The predicted octanol–water partition coefficient (Wildman–Crippen LogP) is 5.08. The number of carbonyl (C=O) groups excluding carboxylic acids is 1. The number of ether oxygens (including phenoxy) is 2. The molecule has 192 valence electrons. The molecule has 3 aromatic rings. The first-order valence-corrected chi connectivity index (χ1v) is 13.7. The van der Waals surface area contributed by atoms with Gasteiger partial charge in [0.25, 0.3) is 10.0 Å². The van der Waals surface area contributed by atoms with E-state index in [9.17, 15) is 13.2 Å². The lowest BCUT2D eigenvalue weighted by molar-refractivity contribution is -0.119. The summed E-state index contributed by atoms with van der Waals surface area (Å²) in [5.41, 5.74) is 1.42. The van der Waals surface area contributed by atoms with Gasteiger partial charge in [-0.25, -0.2) is 8.42 Å². The number of hydrogen-bond donors (Lipinski definition) is 1. The zero-order valence-corrected chi connectivity index (χ0v) is 22.0. The highest BCUT2D eigenvalue weighted by molar-refractivity contribution is 7.92. The largest absolute Gasteiger partial charge is 0.494 e. The number of sulfonamides is 1. The highest BCUT2D eigenvalue weighted by Crippen LogP contribution is 2.32. The lowest BCUT2D eigenvalue weighted by Crippen LogP contribution is -2.41. The number of aryl methyl sites for hydroxylation is 1. The van der Waals surface area contributed by atoms with Gasteiger partial charge in [0.2, 0.25) is 5.91 Å². The maximum Gasteiger partial charge on any atom is 0.264 e. The van der Waals surface area contributed by atoms with Crippen LogP contribution >= 0.6 is 11.6 Å². The second-order valence-electron chi connectivity index (χ2n) is 7.90. The van der Waals surface area contributed by atoms with E-state index in [1.165, 1.54) is 24.3 Å². The maximum atomic E-state index is 13.6. The van der Waals surface area contributed by atoms with E-state index in [2.05, 4.69) is 5.32 Å². The van der Waals surface area contributed by atoms with Gasteiger partial charge >= 0.3 is 0 Å². The summed E-state index contributed by atoms with van der Waals surface area (Å²) in [5, 5.41) is 3.25. The molecule has 9 heteroatoms. The Morgan fingerprint density at radius 2 is 1.58 bits per heavy atom. The van der Waals surface area contributed by atoms with Crippen LogP contribution in [0.25, 0.3) is 0 Å². The van der Waals surface area contributed by atoms with Gasteiger partial charge in [0.05, 0.1) is 23.8 Å². The number of carbonyl (C=O) groups is 1. The lowest BCUT2D eigenvalue weighted by atomic mass is 10.1. The number of hydrogen-bond acceptors (Lipinski definition) is 5. The van der Waals surface area contributed by atoms with Crippen LogP contribution in [0.15, 0.2) is 77.7 Å². The van der Waals surface area contributed by atoms with Crippen molar-refractivity contribution >= 4 is 33.2 Å². The van der Waals surface area contributed by atoms with Crippen LogP contribution in [0.4, 0.5) is 5.69 Å². The molecule has 0 aliphatic heterocycles. The highest BCUT2D eigenvalue weighted by Gasteiger charge is 2.29. The topological polar surface area (TPSA) is 84.9 Å². The Kier molecular flexibility index (Phi) is 10.0. The van der Waals surface area contributed by atoms with E-state index in [4.69, 9.17) is 21.1 Å². The molecule has 0 aliphatic carbocycles. The number of nitrogens with zero attached hydrogens (tertiary/aromatic N) is 1. The van der Waals surface area contributed by atoms with Gasteiger partial charge in [-0.05, 0) is 80.8 Å². The van der Waals surface area contributed by atoms with Crippen molar-refractivity contribution in [2.75, 3.05) is 30.6 Å². The van der Waals surface area contributed by atoms with Crippen molar-refractivity contribution in [1.82, 2.24) is 5.32 Å². The Balaban J connectivity index is 1.71. The third-order valence-electron chi connectivity index (χ3n) is 5.32. The molecule has 1 N–H and O–H groups in total. The van der Waals surface area contributed by atoms with Crippen LogP contribution in [0.1, 0.15) is 25.8 Å². The minimum atomic E-state index is -4.07. The van der Waals surface area contributed by atoms with Gasteiger partial charge in [0, 0.05) is 11.6 Å².